The molecule has 4 atom stereocenters. The van der Waals surface area contributed by atoms with Crippen LogP contribution in [0.3, 0.4) is 0 Å². The third-order valence-electron chi connectivity index (χ3n) is 4.74. The topological polar surface area (TPSA) is 164 Å². The molecule has 0 saturated carbocycles. The summed E-state index contributed by atoms with van der Waals surface area (Å²) >= 11 is 1.36. The summed E-state index contributed by atoms with van der Waals surface area (Å²) in [6.45, 7) is 4.00. The Morgan fingerprint density at radius 2 is 2.03 bits per heavy atom. The number of anilines is 1. The normalized spacial score (nSPS) is 23.1. The zero-order valence-corrected chi connectivity index (χ0v) is 17.5. The van der Waals surface area contributed by atoms with Crippen LogP contribution in [0, 0.1) is 6.92 Å². The molecule has 31 heavy (non-hydrogen) atoms. The molecule has 13 heteroatoms. The number of hydrogen-bond donors (Lipinski definition) is 5. The average Bonchev–Trinajstić information content (AvgIpc) is 3.45. The Labute approximate surface area is 180 Å². The van der Waals surface area contributed by atoms with E-state index in [0.717, 1.165) is 4.88 Å². The lowest BCUT2D eigenvalue weighted by molar-refractivity contribution is -0.137. The average molecular weight is 447 g/mol. The van der Waals surface area contributed by atoms with E-state index in [1.807, 2.05) is 13.0 Å². The Morgan fingerprint density at radius 1 is 1.23 bits per heavy atom. The molecule has 3 aromatic heterocycles. The first-order valence-corrected chi connectivity index (χ1v) is 10.3. The number of carbonyl (C=O) groups is 2. The Hall–Kier alpha value is -3.13. The summed E-state index contributed by atoms with van der Waals surface area (Å²) < 4.78 is 7.02. The summed E-state index contributed by atoms with van der Waals surface area (Å²) in [5.74, 6) is -0.616. The van der Waals surface area contributed by atoms with Crippen LogP contribution in [0.4, 0.5) is 5.82 Å². The number of ether oxygens (including phenoxy) is 1. The second-order valence-electron chi connectivity index (χ2n) is 6.86. The smallest absolute Gasteiger partial charge is 0.279 e. The zero-order chi connectivity index (χ0) is 22.1. The van der Waals surface area contributed by atoms with Crippen LogP contribution in [0.2, 0.25) is 0 Å². The second-order valence-corrected chi connectivity index (χ2v) is 8.15. The molecule has 1 aliphatic rings. The van der Waals surface area contributed by atoms with Gasteiger partial charge in [-0.15, -0.1) is 11.3 Å². The van der Waals surface area contributed by atoms with E-state index in [1.165, 1.54) is 28.6 Å². The van der Waals surface area contributed by atoms with Gasteiger partial charge in [0.05, 0.1) is 11.2 Å². The van der Waals surface area contributed by atoms with Crippen molar-refractivity contribution in [2.75, 3.05) is 12.0 Å². The standard InChI is InChI=1S/C18H21N7O5S/c1-3-19-17(29)13-11(26)12(27)18(30-13)25-7-22-10-14(20-6-21-15(10)25)23-24-16(28)9-5-4-8(2)31-9/h4-7,11-13,18,26-27H,3H2,1-2H3,(H,19,29)(H,24,28)(H,20,21,23)/t11-,12+,13-,18+/m1/s1. The van der Waals surface area contributed by atoms with E-state index in [0.29, 0.717) is 16.9 Å². The van der Waals surface area contributed by atoms with Gasteiger partial charge in [-0.2, -0.15) is 0 Å². The number of nitrogens with zero attached hydrogens (tertiary/aromatic N) is 4. The fourth-order valence-corrected chi connectivity index (χ4v) is 4.01. The lowest BCUT2D eigenvalue weighted by Crippen LogP contribution is -2.42. The van der Waals surface area contributed by atoms with E-state index in [1.54, 1.807) is 13.0 Å². The molecule has 0 bridgehead atoms. The predicted octanol–water partition coefficient (Wildman–Crippen LogP) is -0.292. The number of aromatic nitrogens is 4. The van der Waals surface area contributed by atoms with E-state index in [9.17, 15) is 19.8 Å². The van der Waals surface area contributed by atoms with Gasteiger partial charge in [-0.05, 0) is 26.0 Å². The van der Waals surface area contributed by atoms with Crippen molar-refractivity contribution in [3.8, 4) is 0 Å². The molecular weight excluding hydrogens is 426 g/mol. The summed E-state index contributed by atoms with van der Waals surface area (Å²) in [5, 5.41) is 23.2. The largest absolute Gasteiger partial charge is 0.387 e. The van der Waals surface area contributed by atoms with Crippen LogP contribution >= 0.6 is 11.3 Å². The maximum absolute atomic E-state index is 12.3. The van der Waals surface area contributed by atoms with Crippen molar-refractivity contribution >= 4 is 40.1 Å². The first-order valence-electron chi connectivity index (χ1n) is 9.50. The zero-order valence-electron chi connectivity index (χ0n) is 16.6. The Morgan fingerprint density at radius 3 is 2.74 bits per heavy atom. The second kappa shape index (κ2) is 8.55. The van der Waals surface area contributed by atoms with Gasteiger partial charge in [-0.1, -0.05) is 0 Å². The van der Waals surface area contributed by atoms with Gasteiger partial charge >= 0.3 is 0 Å². The number of likely N-dealkylation sites (N-methyl/N-ethyl adjacent to an activating group) is 1. The van der Waals surface area contributed by atoms with E-state index in [2.05, 4.69) is 31.1 Å². The minimum Gasteiger partial charge on any atom is -0.387 e. The molecule has 164 valence electrons. The highest BCUT2D eigenvalue weighted by Gasteiger charge is 2.47. The third kappa shape index (κ3) is 3.95. The highest BCUT2D eigenvalue weighted by Crippen LogP contribution is 2.32. The number of rotatable bonds is 6. The van der Waals surface area contributed by atoms with Crippen molar-refractivity contribution in [3.63, 3.8) is 0 Å². The van der Waals surface area contributed by atoms with E-state index in [4.69, 9.17) is 4.74 Å². The number of nitrogens with one attached hydrogen (secondary N) is 3. The van der Waals surface area contributed by atoms with Crippen molar-refractivity contribution < 1.29 is 24.5 Å². The maximum Gasteiger partial charge on any atom is 0.279 e. The highest BCUT2D eigenvalue weighted by molar-refractivity contribution is 7.13. The van der Waals surface area contributed by atoms with Crippen LogP contribution < -0.4 is 16.2 Å². The third-order valence-corrected chi connectivity index (χ3v) is 5.74. The number of hydrazine groups is 1. The summed E-state index contributed by atoms with van der Waals surface area (Å²) in [7, 11) is 0. The van der Waals surface area contributed by atoms with Crippen molar-refractivity contribution in [2.24, 2.45) is 0 Å². The van der Waals surface area contributed by atoms with Crippen LogP contribution in [-0.4, -0.2) is 66.4 Å². The molecule has 3 aromatic rings. The van der Waals surface area contributed by atoms with Crippen LogP contribution in [-0.2, 0) is 9.53 Å². The SMILES string of the molecule is CCNC(=O)[C@@H]1O[C@H](n2cnc3c(NNC(=O)c4ccc(C)s4)ncnc32)[C@@H](O)[C@H]1O. The van der Waals surface area contributed by atoms with Crippen molar-refractivity contribution in [2.45, 2.75) is 38.4 Å². The van der Waals surface area contributed by atoms with Crippen molar-refractivity contribution in [1.82, 2.24) is 30.3 Å². The molecular formula is C18H21N7O5S. The lowest BCUT2D eigenvalue weighted by Gasteiger charge is -2.16. The fraction of sp³-hybridized carbons (Fsp3) is 0.389. The number of hydrogen-bond acceptors (Lipinski definition) is 10. The summed E-state index contributed by atoms with van der Waals surface area (Å²) in [6.07, 6.45) is -2.50. The van der Waals surface area contributed by atoms with Crippen LogP contribution in [0.15, 0.2) is 24.8 Å². The molecule has 12 nitrogen and oxygen atoms in total. The van der Waals surface area contributed by atoms with Gasteiger partial charge in [0.2, 0.25) is 0 Å². The maximum atomic E-state index is 12.3. The minimum absolute atomic E-state index is 0.235. The molecule has 2 amide bonds. The summed E-state index contributed by atoms with van der Waals surface area (Å²) in [5.41, 5.74) is 5.87. The van der Waals surface area contributed by atoms with Gasteiger partial charge in [-0.3, -0.25) is 25.0 Å². The lowest BCUT2D eigenvalue weighted by atomic mass is 10.1. The van der Waals surface area contributed by atoms with Crippen molar-refractivity contribution in [1.29, 1.82) is 0 Å². The number of amides is 2. The van der Waals surface area contributed by atoms with Gasteiger partial charge in [-0.25, -0.2) is 15.0 Å². The number of imidazole rings is 1. The first-order chi connectivity index (χ1) is 14.9. The van der Waals surface area contributed by atoms with Gasteiger partial charge in [0.25, 0.3) is 11.8 Å². The van der Waals surface area contributed by atoms with Crippen molar-refractivity contribution in [3.05, 3.63) is 34.5 Å². The van der Waals surface area contributed by atoms with E-state index < -0.39 is 30.4 Å². The number of thiophene rings is 1. The molecule has 4 heterocycles. The quantitative estimate of drug-likeness (QED) is 0.319. The summed E-state index contributed by atoms with van der Waals surface area (Å²) in [6, 6.07) is 3.57. The molecule has 0 radical (unpaired) electrons. The van der Waals surface area contributed by atoms with Crippen LogP contribution in [0.25, 0.3) is 11.2 Å². The molecule has 1 fully saturated rings. The van der Waals surface area contributed by atoms with Gasteiger partial charge in [0.1, 0.15) is 18.5 Å². The molecule has 0 aliphatic carbocycles. The molecule has 1 aliphatic heterocycles. The van der Waals surface area contributed by atoms with Gasteiger partial charge < -0.3 is 20.3 Å². The Balaban J connectivity index is 1.55. The number of aliphatic hydroxyl groups is 2. The molecule has 4 rings (SSSR count). The molecule has 1 saturated heterocycles. The number of fused-ring (bicyclic) bond motifs is 1. The Bertz CT molecular complexity index is 1120. The Kier molecular flexibility index (Phi) is 5.82. The number of aryl methyl sites for hydroxylation is 1. The number of carbonyl (C=O) groups excluding carboxylic acids is 2. The monoisotopic (exact) mass is 447 g/mol. The van der Waals surface area contributed by atoms with Crippen LogP contribution in [0.1, 0.15) is 27.7 Å². The first kappa shape index (κ1) is 21.1. The molecule has 0 aromatic carbocycles. The molecule has 0 spiro atoms. The highest BCUT2D eigenvalue weighted by atomic mass is 32.1. The van der Waals surface area contributed by atoms with E-state index in [-0.39, 0.29) is 17.4 Å². The molecule has 0 unspecified atom stereocenters. The van der Waals surface area contributed by atoms with Gasteiger partial charge in [0.15, 0.2) is 29.3 Å². The fourth-order valence-electron chi connectivity index (χ4n) is 3.24. The van der Waals surface area contributed by atoms with Crippen LogP contribution in [0.5, 0.6) is 0 Å². The van der Waals surface area contributed by atoms with Gasteiger partial charge in [0, 0.05) is 11.4 Å². The number of aliphatic hydroxyl groups excluding tert-OH is 2. The summed E-state index contributed by atoms with van der Waals surface area (Å²) in [4.78, 5) is 38.4. The molecule has 5 N–H and O–H groups in total. The van der Waals surface area contributed by atoms with E-state index >= 15 is 0 Å². The minimum atomic E-state index is -1.41. The predicted molar refractivity (Wildman–Crippen MR) is 110 cm³/mol.